The maximum Gasteiger partial charge on any atom is 0.413 e. The van der Waals surface area contributed by atoms with Crippen molar-refractivity contribution in [3.8, 4) is 0 Å². The minimum Gasteiger partial charge on any atom is -0.457 e. The van der Waals surface area contributed by atoms with Gasteiger partial charge in [0, 0.05) is 23.7 Å². The first-order valence-electron chi connectivity index (χ1n) is 10.8. The summed E-state index contributed by atoms with van der Waals surface area (Å²) < 4.78 is 10.6. The fraction of sp³-hybridized carbons (Fsp3) is 0.360. The van der Waals surface area contributed by atoms with Gasteiger partial charge in [-0.15, -0.1) is 0 Å². The average Bonchev–Trinajstić information content (AvgIpc) is 2.75. The predicted octanol–water partition coefficient (Wildman–Crippen LogP) is 5.40. The number of carbonyl (C=O) groups is 2. The van der Waals surface area contributed by atoms with Crippen molar-refractivity contribution in [2.24, 2.45) is 5.92 Å². The second-order valence-corrected chi connectivity index (χ2v) is 9.16. The average molecular weight is 451 g/mol. The smallest absolute Gasteiger partial charge is 0.413 e. The largest absolute Gasteiger partial charge is 0.457 e. The van der Waals surface area contributed by atoms with Crippen molar-refractivity contribution in [2.45, 2.75) is 46.8 Å². The van der Waals surface area contributed by atoms with Crippen molar-refractivity contribution >= 4 is 34.5 Å². The number of anilines is 2. The standard InChI is InChI=1S/C25H30N4O4/c1-16(2)12-26-20-11-19-10-18(7-8-21(19)27-14-20)23(30)32-15-17-6-9-22(28-13-17)29-24(31)33-25(3,4)5/h6-11,13-14,16,26H,12,15H2,1-5H3,(H,28,29,31). The van der Waals surface area contributed by atoms with Gasteiger partial charge in [0.1, 0.15) is 18.0 Å². The van der Waals surface area contributed by atoms with Gasteiger partial charge in [-0.3, -0.25) is 10.3 Å². The number of carbonyl (C=O) groups excluding carboxylic acids is 2. The van der Waals surface area contributed by atoms with Gasteiger partial charge in [0.05, 0.1) is 23.0 Å². The lowest BCUT2D eigenvalue weighted by Crippen LogP contribution is -2.27. The lowest BCUT2D eigenvalue weighted by atomic mass is 10.1. The number of nitrogens with zero attached hydrogens (tertiary/aromatic N) is 2. The number of ether oxygens (including phenoxy) is 2. The third-order valence-electron chi connectivity index (χ3n) is 4.46. The summed E-state index contributed by atoms with van der Waals surface area (Å²) in [5.74, 6) is 0.426. The van der Waals surface area contributed by atoms with E-state index in [9.17, 15) is 9.59 Å². The van der Waals surface area contributed by atoms with Crippen LogP contribution in [0.1, 0.15) is 50.5 Å². The Hall–Kier alpha value is -3.68. The van der Waals surface area contributed by atoms with Gasteiger partial charge in [-0.1, -0.05) is 19.9 Å². The van der Waals surface area contributed by atoms with Crippen LogP contribution in [0.3, 0.4) is 0 Å². The van der Waals surface area contributed by atoms with Crippen LogP contribution in [-0.4, -0.2) is 34.2 Å². The minimum atomic E-state index is -0.594. The number of pyridine rings is 2. The zero-order chi connectivity index (χ0) is 24.0. The van der Waals surface area contributed by atoms with Crippen molar-refractivity contribution < 1.29 is 19.1 Å². The summed E-state index contributed by atoms with van der Waals surface area (Å²) in [6, 6.07) is 10.6. The molecule has 0 bridgehead atoms. The summed E-state index contributed by atoms with van der Waals surface area (Å²) in [5, 5.41) is 6.76. The Balaban J connectivity index is 1.59. The summed E-state index contributed by atoms with van der Waals surface area (Å²) >= 11 is 0. The van der Waals surface area contributed by atoms with Crippen LogP contribution in [0.15, 0.2) is 48.8 Å². The SMILES string of the molecule is CC(C)CNc1cnc2ccc(C(=O)OCc3ccc(NC(=O)OC(C)(C)C)nc3)cc2c1. The van der Waals surface area contributed by atoms with Crippen LogP contribution < -0.4 is 10.6 Å². The third-order valence-corrected chi connectivity index (χ3v) is 4.46. The van der Waals surface area contributed by atoms with Crippen LogP contribution >= 0.6 is 0 Å². The second-order valence-electron chi connectivity index (χ2n) is 9.16. The van der Waals surface area contributed by atoms with Gasteiger partial charge in [-0.2, -0.15) is 0 Å². The normalized spacial score (nSPS) is 11.3. The Morgan fingerprint density at radius 3 is 2.48 bits per heavy atom. The van der Waals surface area contributed by atoms with Crippen LogP contribution in [0, 0.1) is 5.92 Å². The van der Waals surface area contributed by atoms with Crippen molar-refractivity contribution in [3.63, 3.8) is 0 Å². The Morgan fingerprint density at radius 1 is 1.03 bits per heavy atom. The molecule has 174 valence electrons. The molecule has 3 rings (SSSR count). The van der Waals surface area contributed by atoms with E-state index in [1.807, 2.05) is 6.07 Å². The lowest BCUT2D eigenvalue weighted by molar-refractivity contribution is 0.0472. The molecule has 0 unspecified atom stereocenters. The number of esters is 1. The molecule has 0 radical (unpaired) electrons. The predicted molar refractivity (Wildman–Crippen MR) is 128 cm³/mol. The summed E-state index contributed by atoms with van der Waals surface area (Å²) in [6.07, 6.45) is 2.75. The van der Waals surface area contributed by atoms with Crippen LogP contribution in [0.5, 0.6) is 0 Å². The molecule has 0 saturated heterocycles. The van der Waals surface area contributed by atoms with Crippen molar-refractivity contribution in [1.29, 1.82) is 0 Å². The van der Waals surface area contributed by atoms with Crippen LogP contribution in [0.25, 0.3) is 10.9 Å². The van der Waals surface area contributed by atoms with E-state index in [0.717, 1.165) is 23.1 Å². The first-order valence-corrected chi connectivity index (χ1v) is 10.8. The molecule has 0 aliphatic rings. The molecule has 2 heterocycles. The number of aromatic nitrogens is 2. The van der Waals surface area contributed by atoms with E-state index >= 15 is 0 Å². The van der Waals surface area contributed by atoms with Gasteiger partial charge in [-0.05, 0) is 57.0 Å². The van der Waals surface area contributed by atoms with E-state index in [4.69, 9.17) is 9.47 Å². The third kappa shape index (κ3) is 7.45. The molecule has 8 heteroatoms. The Labute approximate surface area is 193 Å². The highest BCUT2D eigenvalue weighted by molar-refractivity contribution is 5.95. The van der Waals surface area contributed by atoms with Crippen LogP contribution in [-0.2, 0) is 16.1 Å². The Bertz CT molecular complexity index is 1120. The lowest BCUT2D eigenvalue weighted by Gasteiger charge is -2.19. The number of fused-ring (bicyclic) bond motifs is 1. The topological polar surface area (TPSA) is 102 Å². The fourth-order valence-electron chi connectivity index (χ4n) is 2.90. The summed E-state index contributed by atoms with van der Waals surface area (Å²) in [6.45, 7) is 10.5. The van der Waals surface area contributed by atoms with Crippen molar-refractivity contribution in [2.75, 3.05) is 17.2 Å². The molecule has 1 amide bonds. The van der Waals surface area contributed by atoms with E-state index in [1.165, 1.54) is 6.20 Å². The Morgan fingerprint density at radius 2 is 1.82 bits per heavy atom. The zero-order valence-electron chi connectivity index (χ0n) is 19.6. The van der Waals surface area contributed by atoms with Crippen molar-refractivity contribution in [3.05, 3.63) is 59.9 Å². The molecular formula is C25H30N4O4. The monoisotopic (exact) mass is 450 g/mol. The molecule has 8 nitrogen and oxygen atoms in total. The van der Waals surface area contributed by atoms with Crippen LogP contribution in [0.2, 0.25) is 0 Å². The van der Waals surface area contributed by atoms with Gasteiger partial charge in [0.15, 0.2) is 0 Å². The van der Waals surface area contributed by atoms with E-state index in [1.54, 1.807) is 57.3 Å². The number of nitrogens with one attached hydrogen (secondary N) is 2. The van der Waals surface area contributed by atoms with Gasteiger partial charge < -0.3 is 14.8 Å². The molecule has 0 spiro atoms. The molecule has 3 aromatic rings. The molecule has 0 saturated carbocycles. The van der Waals surface area contributed by atoms with Crippen LogP contribution in [0.4, 0.5) is 16.3 Å². The molecule has 0 aliphatic heterocycles. The van der Waals surface area contributed by atoms with E-state index in [2.05, 4.69) is 34.4 Å². The number of rotatable bonds is 7. The molecule has 0 aliphatic carbocycles. The summed E-state index contributed by atoms with van der Waals surface area (Å²) in [4.78, 5) is 33.0. The fourth-order valence-corrected chi connectivity index (χ4v) is 2.90. The van der Waals surface area contributed by atoms with Gasteiger partial charge in [0.2, 0.25) is 0 Å². The maximum atomic E-state index is 12.6. The summed E-state index contributed by atoms with van der Waals surface area (Å²) in [7, 11) is 0. The highest BCUT2D eigenvalue weighted by Gasteiger charge is 2.16. The first kappa shape index (κ1) is 24.0. The highest BCUT2D eigenvalue weighted by atomic mass is 16.6. The second kappa shape index (κ2) is 10.3. The van der Waals surface area contributed by atoms with E-state index in [-0.39, 0.29) is 6.61 Å². The van der Waals surface area contributed by atoms with Gasteiger partial charge in [0.25, 0.3) is 0 Å². The van der Waals surface area contributed by atoms with Gasteiger partial charge >= 0.3 is 12.1 Å². The summed E-state index contributed by atoms with van der Waals surface area (Å²) in [5.41, 5.74) is 2.26. The number of hydrogen-bond acceptors (Lipinski definition) is 7. The molecule has 2 N–H and O–H groups in total. The number of amides is 1. The molecule has 1 aromatic carbocycles. The zero-order valence-corrected chi connectivity index (χ0v) is 19.6. The molecule has 0 fully saturated rings. The molecular weight excluding hydrogens is 420 g/mol. The number of hydrogen-bond donors (Lipinski definition) is 2. The highest BCUT2D eigenvalue weighted by Crippen LogP contribution is 2.19. The van der Waals surface area contributed by atoms with E-state index in [0.29, 0.717) is 22.9 Å². The Kier molecular flexibility index (Phi) is 7.48. The molecule has 33 heavy (non-hydrogen) atoms. The minimum absolute atomic E-state index is 0.0603. The quantitative estimate of drug-likeness (QED) is 0.465. The van der Waals surface area contributed by atoms with Crippen molar-refractivity contribution in [1.82, 2.24) is 9.97 Å². The molecule has 2 aromatic heterocycles. The van der Waals surface area contributed by atoms with Gasteiger partial charge in [-0.25, -0.2) is 14.6 Å². The molecule has 0 atom stereocenters. The number of benzene rings is 1. The maximum absolute atomic E-state index is 12.6. The van der Waals surface area contributed by atoms with E-state index < -0.39 is 17.7 Å². The first-order chi connectivity index (χ1) is 15.6.